The quantitative estimate of drug-likeness (QED) is 0.377. The number of carboxylic acids is 1. The summed E-state index contributed by atoms with van der Waals surface area (Å²) in [6.07, 6.45) is 1.11. The molecule has 0 aliphatic carbocycles. The van der Waals surface area contributed by atoms with Gasteiger partial charge in [0.2, 0.25) is 5.91 Å². The maximum Gasteiger partial charge on any atom is 0.339 e. The Hall–Kier alpha value is -3.18. The van der Waals surface area contributed by atoms with Crippen LogP contribution < -0.4 is 9.50 Å². The van der Waals surface area contributed by atoms with E-state index in [1.165, 1.54) is 30.5 Å². The Balaban J connectivity index is 1.61. The van der Waals surface area contributed by atoms with E-state index < -0.39 is 27.2 Å². The smallest absolute Gasteiger partial charge is 0.339 e. The normalized spacial score (nSPS) is 18.0. The van der Waals surface area contributed by atoms with E-state index in [1.54, 1.807) is 24.3 Å². The zero-order valence-electron chi connectivity index (χ0n) is 15.7. The molecule has 1 fully saturated rings. The van der Waals surface area contributed by atoms with Gasteiger partial charge in [0.1, 0.15) is 15.9 Å². The zero-order chi connectivity index (χ0) is 21.7. The third-order valence-corrected chi connectivity index (χ3v) is 6.22. The Morgan fingerprint density at radius 1 is 1.20 bits per heavy atom. The molecule has 0 spiro atoms. The minimum atomic E-state index is -3.93. The maximum atomic E-state index is 12.3. The minimum absolute atomic E-state index is 0.0619. The van der Waals surface area contributed by atoms with E-state index in [0.29, 0.717) is 5.56 Å². The lowest BCUT2D eigenvalue weighted by Gasteiger charge is -2.07. The van der Waals surface area contributed by atoms with Crippen molar-refractivity contribution in [3.63, 3.8) is 0 Å². The highest BCUT2D eigenvalue weighted by atomic mass is 32.2. The van der Waals surface area contributed by atoms with Crippen molar-refractivity contribution in [2.75, 3.05) is 0 Å². The van der Waals surface area contributed by atoms with Crippen molar-refractivity contribution in [2.45, 2.75) is 23.5 Å². The van der Waals surface area contributed by atoms with Crippen molar-refractivity contribution in [2.24, 2.45) is 10.2 Å². The number of hydrogen-bond donors (Lipinski definition) is 2. The molecule has 1 unspecified atom stereocenters. The van der Waals surface area contributed by atoms with Gasteiger partial charge in [0, 0.05) is 0 Å². The van der Waals surface area contributed by atoms with Gasteiger partial charge in [-0.1, -0.05) is 29.5 Å². The van der Waals surface area contributed by atoms with Crippen LogP contribution >= 0.6 is 11.8 Å². The van der Waals surface area contributed by atoms with Gasteiger partial charge in [0.15, 0.2) is 5.17 Å². The highest BCUT2D eigenvalue weighted by Crippen LogP contribution is 2.22. The van der Waals surface area contributed by atoms with Crippen molar-refractivity contribution >= 4 is 45.1 Å². The molecule has 1 heterocycles. The fraction of sp³-hybridized carbons (Fsp3) is 0.158. The molecule has 0 radical (unpaired) electrons. The summed E-state index contributed by atoms with van der Waals surface area (Å²) in [6.45, 7) is 1.86. The first-order valence-electron chi connectivity index (χ1n) is 8.64. The Morgan fingerprint density at radius 2 is 1.87 bits per heavy atom. The van der Waals surface area contributed by atoms with Crippen molar-refractivity contribution in [3.8, 4) is 5.75 Å². The number of carbonyl (C=O) groups is 2. The molecule has 30 heavy (non-hydrogen) atoms. The van der Waals surface area contributed by atoms with E-state index in [4.69, 9.17) is 9.29 Å². The van der Waals surface area contributed by atoms with Crippen LogP contribution in [0.1, 0.15) is 17.5 Å². The molecule has 0 saturated carbocycles. The molecule has 1 saturated heterocycles. The predicted molar refractivity (Wildman–Crippen MR) is 112 cm³/mol. The number of aryl methyl sites for hydroxylation is 1. The molecule has 156 valence electrons. The van der Waals surface area contributed by atoms with E-state index in [1.807, 2.05) is 6.92 Å². The number of thioether (sulfide) groups is 1. The lowest BCUT2D eigenvalue weighted by Crippen LogP contribution is -2.26. The number of nitrogens with one attached hydrogen (secondary N) is 1. The van der Waals surface area contributed by atoms with Gasteiger partial charge in [0.25, 0.3) is 0 Å². The van der Waals surface area contributed by atoms with Crippen LogP contribution in [0.4, 0.5) is 0 Å². The Morgan fingerprint density at radius 3 is 2.50 bits per heavy atom. The van der Waals surface area contributed by atoms with E-state index in [9.17, 15) is 18.0 Å². The number of carboxylic acid groups (broad SMARTS) is 1. The Kier molecular flexibility index (Phi) is 6.53. The van der Waals surface area contributed by atoms with Crippen LogP contribution in [0.15, 0.2) is 63.6 Å². The van der Waals surface area contributed by atoms with Gasteiger partial charge in [-0.15, -0.1) is 5.10 Å². The van der Waals surface area contributed by atoms with Crippen LogP contribution in [-0.4, -0.2) is 42.0 Å². The standard InChI is InChI=1S/C19H17N3O6S2/c1-12-2-8-15(9-3-12)30(26,27)28-14-6-4-13(5-7-14)11-20-22-19-21-18(25)16(29-19)10-17(23)24/h2-9,11,16H,10H2,1H3,(H,23,24)(H,21,22,25)/b20-11+. The summed E-state index contributed by atoms with van der Waals surface area (Å²) in [5.74, 6) is -1.35. The molecule has 3 rings (SSSR count). The molecule has 9 nitrogen and oxygen atoms in total. The summed E-state index contributed by atoms with van der Waals surface area (Å²) < 4.78 is 29.7. The first kappa shape index (κ1) is 21.5. The summed E-state index contributed by atoms with van der Waals surface area (Å²) in [7, 11) is -3.93. The van der Waals surface area contributed by atoms with E-state index in [2.05, 4.69) is 15.5 Å². The molecule has 1 aliphatic rings. The molecule has 1 aliphatic heterocycles. The number of amidine groups is 1. The number of amides is 1. The van der Waals surface area contributed by atoms with E-state index in [-0.39, 0.29) is 22.2 Å². The fourth-order valence-corrected chi connectivity index (χ4v) is 4.23. The number of nitrogens with zero attached hydrogens (tertiary/aromatic N) is 2. The molecular weight excluding hydrogens is 430 g/mol. The van der Waals surface area contributed by atoms with Crippen molar-refractivity contribution in [1.29, 1.82) is 0 Å². The lowest BCUT2D eigenvalue weighted by atomic mass is 10.2. The molecule has 2 aromatic rings. The SMILES string of the molecule is Cc1ccc(S(=O)(=O)Oc2ccc(/C=N/N=C3NC(=O)C(CC(=O)O)S3)cc2)cc1. The van der Waals surface area contributed by atoms with Crippen molar-refractivity contribution < 1.29 is 27.3 Å². The van der Waals surface area contributed by atoms with Crippen LogP contribution in [0, 0.1) is 6.92 Å². The number of hydrogen-bond acceptors (Lipinski definition) is 8. The molecule has 11 heteroatoms. The number of rotatable bonds is 7. The maximum absolute atomic E-state index is 12.3. The second kappa shape index (κ2) is 9.09. The van der Waals surface area contributed by atoms with Crippen LogP contribution in [0.5, 0.6) is 5.75 Å². The van der Waals surface area contributed by atoms with Gasteiger partial charge in [-0.05, 0) is 48.9 Å². The Labute approximate surface area is 177 Å². The summed E-state index contributed by atoms with van der Waals surface area (Å²) in [5.41, 5.74) is 1.56. The third-order valence-electron chi connectivity index (χ3n) is 3.89. The molecule has 0 bridgehead atoms. The van der Waals surface area contributed by atoms with Gasteiger partial charge in [-0.2, -0.15) is 13.5 Å². The number of benzene rings is 2. The lowest BCUT2D eigenvalue weighted by molar-refractivity contribution is -0.138. The highest BCUT2D eigenvalue weighted by molar-refractivity contribution is 8.15. The fourth-order valence-electron chi connectivity index (χ4n) is 2.38. The van der Waals surface area contributed by atoms with Crippen LogP contribution in [0.3, 0.4) is 0 Å². The van der Waals surface area contributed by atoms with Gasteiger partial charge in [-0.25, -0.2) is 0 Å². The molecule has 1 amide bonds. The monoisotopic (exact) mass is 447 g/mol. The number of aliphatic carboxylic acids is 1. The van der Waals surface area contributed by atoms with Gasteiger partial charge in [-0.3, -0.25) is 9.59 Å². The predicted octanol–water partition coefficient (Wildman–Crippen LogP) is 2.16. The van der Waals surface area contributed by atoms with Gasteiger partial charge >= 0.3 is 16.1 Å². The first-order valence-corrected chi connectivity index (χ1v) is 10.9. The van der Waals surface area contributed by atoms with Crippen molar-refractivity contribution in [3.05, 3.63) is 59.7 Å². The summed E-state index contributed by atoms with van der Waals surface area (Å²) in [4.78, 5) is 22.4. The number of carbonyl (C=O) groups excluding carboxylic acids is 1. The largest absolute Gasteiger partial charge is 0.481 e. The third kappa shape index (κ3) is 5.67. The molecule has 2 aromatic carbocycles. The molecule has 0 aromatic heterocycles. The summed E-state index contributed by atoms with van der Waals surface area (Å²) in [6, 6.07) is 12.5. The average molecular weight is 447 g/mol. The summed E-state index contributed by atoms with van der Waals surface area (Å²) in [5, 5.41) is 18.4. The topological polar surface area (TPSA) is 134 Å². The van der Waals surface area contributed by atoms with Crippen LogP contribution in [0.25, 0.3) is 0 Å². The molecule has 2 N–H and O–H groups in total. The summed E-state index contributed by atoms with van der Waals surface area (Å²) >= 11 is 0.998. The minimum Gasteiger partial charge on any atom is -0.481 e. The van der Waals surface area contributed by atoms with Crippen molar-refractivity contribution in [1.82, 2.24) is 5.32 Å². The Bertz CT molecular complexity index is 1110. The second-order valence-electron chi connectivity index (χ2n) is 6.26. The zero-order valence-corrected chi connectivity index (χ0v) is 17.3. The highest BCUT2D eigenvalue weighted by Gasteiger charge is 2.32. The van der Waals surface area contributed by atoms with E-state index in [0.717, 1.165) is 17.3 Å². The van der Waals surface area contributed by atoms with Crippen LogP contribution in [0.2, 0.25) is 0 Å². The second-order valence-corrected chi connectivity index (χ2v) is 9.00. The molecule has 1 atom stereocenters. The van der Waals surface area contributed by atoms with E-state index >= 15 is 0 Å². The van der Waals surface area contributed by atoms with Gasteiger partial charge < -0.3 is 14.6 Å². The average Bonchev–Trinajstić information content (AvgIpc) is 3.02. The van der Waals surface area contributed by atoms with Gasteiger partial charge in [0.05, 0.1) is 12.6 Å². The first-order chi connectivity index (χ1) is 14.2. The van der Waals surface area contributed by atoms with Crippen LogP contribution in [-0.2, 0) is 19.7 Å². The molecular formula is C19H17N3O6S2.